The highest BCUT2D eigenvalue weighted by Crippen LogP contribution is 2.06. The van der Waals surface area contributed by atoms with E-state index in [0.29, 0.717) is 25.8 Å². The highest BCUT2D eigenvalue weighted by atomic mass is 16.4. The lowest BCUT2D eigenvalue weighted by molar-refractivity contribution is -0.142. The summed E-state index contributed by atoms with van der Waals surface area (Å²) in [5, 5.41) is 17.2. The van der Waals surface area contributed by atoms with E-state index in [1.807, 2.05) is 0 Å². The molecule has 1 aromatic heterocycles. The fourth-order valence-electron chi connectivity index (χ4n) is 1.81. The van der Waals surface area contributed by atoms with E-state index in [0.717, 1.165) is 10.6 Å². The van der Waals surface area contributed by atoms with Crippen molar-refractivity contribution in [1.82, 2.24) is 19.9 Å². The summed E-state index contributed by atoms with van der Waals surface area (Å²) >= 11 is 0. The minimum absolute atomic E-state index is 0.0664. The van der Waals surface area contributed by atoms with Crippen LogP contribution in [0.3, 0.4) is 0 Å². The van der Waals surface area contributed by atoms with Crippen LogP contribution in [0, 0.1) is 0 Å². The monoisotopic (exact) mass is 297 g/mol. The lowest BCUT2D eigenvalue weighted by Gasteiger charge is -2.24. The van der Waals surface area contributed by atoms with Crippen LogP contribution < -0.4 is 0 Å². The summed E-state index contributed by atoms with van der Waals surface area (Å²) in [7, 11) is 0. The predicted octanol–water partition coefficient (Wildman–Crippen LogP) is 1.75. The maximum Gasteiger partial charge on any atom is 0.320 e. The number of carbonyl (C=O) groups is 1. The van der Waals surface area contributed by atoms with Crippen LogP contribution in [0.2, 0.25) is 0 Å². The van der Waals surface area contributed by atoms with E-state index in [-0.39, 0.29) is 6.54 Å². The fraction of sp³-hybridized carbons (Fsp3) is 0.533. The van der Waals surface area contributed by atoms with Gasteiger partial charge in [-0.3, -0.25) is 9.69 Å². The molecule has 0 bridgehead atoms. The molecule has 116 valence electrons. The van der Waals surface area contributed by atoms with Crippen molar-refractivity contribution in [2.45, 2.75) is 38.8 Å². The number of hydrogen-bond donors (Lipinski definition) is 1. The number of rotatable bonds is 11. The van der Waals surface area contributed by atoms with Crippen molar-refractivity contribution in [3.63, 3.8) is 0 Å². The Kier molecular flexibility index (Phi) is 4.64. The second-order valence-electron chi connectivity index (χ2n) is 4.62. The fourth-order valence-corrected chi connectivity index (χ4v) is 1.81. The number of allylic oxidation sites excluding steroid dienone is 1. The van der Waals surface area contributed by atoms with E-state index >= 15 is 0 Å². The number of unbranched alkanes of at least 4 members (excludes halogenated alkanes) is 1. The van der Waals surface area contributed by atoms with Crippen molar-refractivity contribution in [2.75, 3.05) is 13.0 Å². The molecule has 0 aliphatic rings. The zero-order valence-electron chi connectivity index (χ0n) is 17.1. The lowest BCUT2D eigenvalue weighted by Crippen LogP contribution is -2.39. The first kappa shape index (κ1) is 10.7. The molecule has 0 spiro atoms. The number of aryl methyl sites for hydroxylation is 1. The zero-order chi connectivity index (χ0) is 19.9. The summed E-state index contributed by atoms with van der Waals surface area (Å²) in [6.07, 6.45) is 5.17. The Hall–Kier alpha value is -1.95. The van der Waals surface area contributed by atoms with Gasteiger partial charge in [0.15, 0.2) is 0 Å². The second kappa shape index (κ2) is 9.07. The molecular weight excluding hydrogens is 268 g/mol. The number of aliphatic carboxylic acids is 1. The number of carboxylic acids is 1. The summed E-state index contributed by atoms with van der Waals surface area (Å²) in [5.41, 5.74) is 0.772. The quantitative estimate of drug-likeness (QED) is 0.498. The Balaban J connectivity index is 2.73. The molecule has 0 radical (unpaired) electrons. The van der Waals surface area contributed by atoms with Crippen LogP contribution in [0.1, 0.15) is 32.3 Å². The molecule has 0 aromatic carbocycles. The van der Waals surface area contributed by atoms with Gasteiger partial charge in [-0.05, 0) is 32.7 Å². The minimum Gasteiger partial charge on any atom is -0.480 e. The van der Waals surface area contributed by atoms with E-state index in [1.165, 1.54) is 6.92 Å². The van der Waals surface area contributed by atoms with E-state index in [1.54, 1.807) is 17.0 Å². The van der Waals surface area contributed by atoms with Crippen LogP contribution in [-0.4, -0.2) is 50.1 Å². The summed E-state index contributed by atoms with van der Waals surface area (Å²) in [5.74, 6) is -1.23. The first-order valence-corrected chi connectivity index (χ1v) is 6.75. The summed E-state index contributed by atoms with van der Waals surface area (Å²) in [4.78, 5) is 12.3. The number of nitrogens with zero attached hydrogens (tertiary/aromatic N) is 4. The van der Waals surface area contributed by atoms with Gasteiger partial charge in [-0.1, -0.05) is 17.3 Å². The molecule has 6 heteroatoms. The molecule has 0 aliphatic heterocycles. The smallest absolute Gasteiger partial charge is 0.320 e. The van der Waals surface area contributed by atoms with Crippen LogP contribution in [0.25, 0.3) is 0 Å². The Morgan fingerprint density at radius 3 is 3.24 bits per heavy atom. The second-order valence-corrected chi connectivity index (χ2v) is 4.62. The molecule has 0 saturated heterocycles. The number of hydrogen-bond acceptors (Lipinski definition) is 4. The van der Waals surface area contributed by atoms with E-state index in [2.05, 4.69) is 16.9 Å². The summed E-state index contributed by atoms with van der Waals surface area (Å²) in [6.45, 7) is 2.07. The third-order valence-corrected chi connectivity index (χ3v) is 3.01. The van der Waals surface area contributed by atoms with Gasteiger partial charge < -0.3 is 5.11 Å². The third-order valence-electron chi connectivity index (χ3n) is 3.01. The van der Waals surface area contributed by atoms with Crippen LogP contribution in [0.15, 0.2) is 31.4 Å². The van der Waals surface area contributed by atoms with Gasteiger partial charge in [0, 0.05) is 15.4 Å². The molecule has 6 nitrogen and oxygen atoms in total. The van der Waals surface area contributed by atoms with Gasteiger partial charge in [0.25, 0.3) is 0 Å². The minimum atomic E-state index is -2.51. The topological polar surface area (TPSA) is 71.2 Å². The maximum atomic E-state index is 11.3. The largest absolute Gasteiger partial charge is 0.480 e. The highest BCUT2D eigenvalue weighted by Gasteiger charge is 2.18. The van der Waals surface area contributed by atoms with Crippen LogP contribution in [0.4, 0.5) is 0 Å². The summed E-state index contributed by atoms with van der Waals surface area (Å²) in [6, 6.07) is -2.06. The Bertz CT molecular complexity index is 658. The Morgan fingerprint density at radius 1 is 1.76 bits per heavy atom. The molecule has 21 heavy (non-hydrogen) atoms. The standard InChI is InChI=1S/C15H24N4O2/c1-4-9-18(13(3)15(20)21)11-7-6-8-14-12-19(10-5-2)17-16-14/h4-5,12-13H,1-2,6-11H2,3H3,(H,20,21)/t13-/m0/s1/i1D2,4D,9D2. The van der Waals surface area contributed by atoms with Crippen molar-refractivity contribution < 1.29 is 16.8 Å². The molecule has 0 saturated carbocycles. The van der Waals surface area contributed by atoms with Gasteiger partial charge in [0.2, 0.25) is 0 Å². The first-order valence-electron chi connectivity index (χ1n) is 9.25. The molecule has 1 atom stereocenters. The van der Waals surface area contributed by atoms with Crippen molar-refractivity contribution >= 4 is 5.97 Å². The molecule has 0 amide bonds. The average molecular weight is 297 g/mol. The maximum absolute atomic E-state index is 11.3. The van der Waals surface area contributed by atoms with Gasteiger partial charge >= 0.3 is 5.97 Å². The van der Waals surface area contributed by atoms with E-state index in [9.17, 15) is 9.90 Å². The van der Waals surface area contributed by atoms with Gasteiger partial charge in [0.1, 0.15) is 6.04 Å². The van der Waals surface area contributed by atoms with Crippen LogP contribution in [0.5, 0.6) is 0 Å². The number of carboxylic acid groups (broad SMARTS) is 1. The highest BCUT2D eigenvalue weighted by molar-refractivity contribution is 5.72. The molecule has 1 heterocycles. The van der Waals surface area contributed by atoms with Crippen molar-refractivity contribution in [1.29, 1.82) is 0 Å². The van der Waals surface area contributed by atoms with Crippen molar-refractivity contribution in [3.8, 4) is 0 Å². The SMILES string of the molecule is [2H]C([2H])=C([2H])C([2H])([2H])N(CCCCc1cn(CC=C)nn1)[C@@H](C)C(=O)O. The van der Waals surface area contributed by atoms with Gasteiger partial charge in [-0.15, -0.1) is 18.2 Å². The van der Waals surface area contributed by atoms with Gasteiger partial charge in [-0.25, -0.2) is 4.68 Å². The number of aromatic nitrogens is 3. The van der Waals surface area contributed by atoms with Crippen molar-refractivity contribution in [3.05, 3.63) is 37.1 Å². The van der Waals surface area contributed by atoms with Gasteiger partial charge in [-0.2, -0.15) is 0 Å². The molecule has 1 N–H and O–H groups in total. The zero-order valence-corrected chi connectivity index (χ0v) is 12.1. The van der Waals surface area contributed by atoms with Gasteiger partial charge in [0.05, 0.1) is 16.4 Å². The molecule has 0 unspecified atom stereocenters. The normalized spacial score (nSPS) is 16.2. The Labute approximate surface area is 132 Å². The van der Waals surface area contributed by atoms with Crippen molar-refractivity contribution in [2.24, 2.45) is 0 Å². The van der Waals surface area contributed by atoms with Crippen LogP contribution in [-0.2, 0) is 17.8 Å². The molecule has 0 fully saturated rings. The molecule has 1 rings (SSSR count). The third kappa shape index (κ3) is 5.91. The summed E-state index contributed by atoms with van der Waals surface area (Å²) < 4.78 is 39.6. The van der Waals surface area contributed by atoms with Crippen LogP contribution >= 0.6 is 0 Å². The first-order chi connectivity index (χ1) is 12.1. The predicted molar refractivity (Wildman–Crippen MR) is 82.0 cm³/mol. The molecule has 0 aliphatic carbocycles. The Morgan fingerprint density at radius 2 is 2.57 bits per heavy atom. The lowest BCUT2D eigenvalue weighted by atomic mass is 10.1. The molecular formula is C15H24N4O2. The van der Waals surface area contributed by atoms with E-state index in [4.69, 9.17) is 6.85 Å². The molecule has 1 aromatic rings. The average Bonchev–Trinajstić information content (AvgIpc) is 3.00. The van der Waals surface area contributed by atoms with E-state index < -0.39 is 31.1 Å².